The third kappa shape index (κ3) is 3.34. The summed E-state index contributed by atoms with van der Waals surface area (Å²) in [6.07, 6.45) is 2.76. The van der Waals surface area contributed by atoms with E-state index in [1.54, 1.807) is 22.2 Å². The van der Waals surface area contributed by atoms with Gasteiger partial charge in [0.05, 0.1) is 22.8 Å². The van der Waals surface area contributed by atoms with Crippen LogP contribution in [0, 0.1) is 5.92 Å². The van der Waals surface area contributed by atoms with Gasteiger partial charge in [-0.1, -0.05) is 23.2 Å². The number of carbonyl (C=O) groups is 1. The van der Waals surface area contributed by atoms with E-state index in [0.717, 1.165) is 12.8 Å². The van der Waals surface area contributed by atoms with Gasteiger partial charge < -0.3 is 19.1 Å². The van der Waals surface area contributed by atoms with E-state index >= 15 is 0 Å². The van der Waals surface area contributed by atoms with Crippen molar-refractivity contribution in [3.63, 3.8) is 0 Å². The third-order valence-electron chi connectivity index (χ3n) is 5.06. The summed E-state index contributed by atoms with van der Waals surface area (Å²) in [5.74, 6) is 0.184. The zero-order valence-electron chi connectivity index (χ0n) is 15.3. The van der Waals surface area contributed by atoms with Gasteiger partial charge in [0.25, 0.3) is 0 Å². The normalized spacial score (nSPS) is 17.1. The van der Waals surface area contributed by atoms with Gasteiger partial charge >= 0.3 is 5.97 Å². The van der Waals surface area contributed by atoms with Crippen LogP contribution in [-0.4, -0.2) is 27.2 Å². The molecule has 1 unspecified atom stereocenters. The lowest BCUT2D eigenvalue weighted by Gasteiger charge is -2.31. The first-order chi connectivity index (χ1) is 14.4. The molecule has 1 aromatic carbocycles. The van der Waals surface area contributed by atoms with E-state index in [-0.39, 0.29) is 10.7 Å². The predicted octanol–water partition coefficient (Wildman–Crippen LogP) is 4.70. The molecule has 154 valence electrons. The second-order valence-corrected chi connectivity index (χ2v) is 8.81. The standard InChI is InChI=1S/C20H14Cl2N2O5S/c21-12-3-10-13-4-14(25)11(20(26)27)6-24(13)19(17-18(22)23-8-30-17)29-15(10)5-16(12)28-7-9-1-2-9/h3-6,8-9,19H,1-2,7H2,(H,26,27). The van der Waals surface area contributed by atoms with Crippen LogP contribution in [0.25, 0.3) is 11.3 Å². The fraction of sp³-hybridized carbons (Fsp3) is 0.250. The average molecular weight is 465 g/mol. The molecular formula is C20H14Cl2N2O5S. The molecule has 3 heterocycles. The molecule has 1 fully saturated rings. The van der Waals surface area contributed by atoms with Crippen LogP contribution in [0.4, 0.5) is 0 Å². The fourth-order valence-electron chi connectivity index (χ4n) is 3.31. The lowest BCUT2D eigenvalue weighted by molar-refractivity contribution is 0.0693. The summed E-state index contributed by atoms with van der Waals surface area (Å²) in [4.78, 5) is 28.6. The van der Waals surface area contributed by atoms with Gasteiger partial charge in [-0.15, -0.1) is 11.3 Å². The van der Waals surface area contributed by atoms with Crippen molar-refractivity contribution in [2.75, 3.05) is 6.61 Å². The van der Waals surface area contributed by atoms with Crippen LogP contribution in [0.3, 0.4) is 0 Å². The average Bonchev–Trinajstić information content (AvgIpc) is 3.44. The number of hydrogen-bond donors (Lipinski definition) is 1. The number of nitrogens with zero attached hydrogens (tertiary/aromatic N) is 2. The highest BCUT2D eigenvalue weighted by molar-refractivity contribution is 7.10. The number of hydrogen-bond acceptors (Lipinski definition) is 6. The summed E-state index contributed by atoms with van der Waals surface area (Å²) in [5, 5.41) is 10.0. The zero-order chi connectivity index (χ0) is 21.0. The third-order valence-corrected chi connectivity index (χ3v) is 6.62. The minimum atomic E-state index is -1.32. The molecule has 1 aliphatic carbocycles. The van der Waals surface area contributed by atoms with E-state index < -0.39 is 17.6 Å². The summed E-state index contributed by atoms with van der Waals surface area (Å²) in [5.41, 5.74) is 1.62. The number of rotatable bonds is 5. The van der Waals surface area contributed by atoms with Crippen LogP contribution in [0.2, 0.25) is 10.2 Å². The van der Waals surface area contributed by atoms with Gasteiger partial charge in [0, 0.05) is 23.9 Å². The Hall–Kier alpha value is -2.55. The zero-order valence-corrected chi connectivity index (χ0v) is 17.6. The number of thiazole rings is 1. The van der Waals surface area contributed by atoms with Gasteiger partial charge in [-0.05, 0) is 24.8 Å². The van der Waals surface area contributed by atoms with Gasteiger partial charge in [-0.2, -0.15) is 0 Å². The smallest absolute Gasteiger partial charge is 0.341 e. The molecule has 1 N–H and O–H groups in total. The van der Waals surface area contributed by atoms with E-state index in [9.17, 15) is 14.7 Å². The van der Waals surface area contributed by atoms with Crippen molar-refractivity contribution in [3.05, 3.63) is 60.7 Å². The Morgan fingerprint density at radius 2 is 2.13 bits per heavy atom. The second kappa shape index (κ2) is 7.30. The Balaban J connectivity index is 1.68. The lowest BCUT2D eigenvalue weighted by atomic mass is 10.1. The van der Waals surface area contributed by atoms with Gasteiger partial charge in [-0.3, -0.25) is 4.79 Å². The number of carboxylic acid groups (broad SMARTS) is 1. The number of halogens is 2. The van der Waals surface area contributed by atoms with Crippen molar-refractivity contribution in [2.45, 2.75) is 19.1 Å². The van der Waals surface area contributed by atoms with Crippen LogP contribution in [-0.2, 0) is 0 Å². The van der Waals surface area contributed by atoms with Gasteiger partial charge in [0.15, 0.2) is 5.43 Å². The van der Waals surface area contributed by atoms with Gasteiger partial charge in [0.2, 0.25) is 6.23 Å². The van der Waals surface area contributed by atoms with Crippen LogP contribution in [0.15, 0.2) is 34.7 Å². The summed E-state index contributed by atoms with van der Waals surface area (Å²) >= 11 is 13.9. The Kier molecular flexibility index (Phi) is 4.72. The largest absolute Gasteiger partial charge is 0.492 e. The molecule has 30 heavy (non-hydrogen) atoms. The van der Waals surface area contributed by atoms with Crippen molar-refractivity contribution >= 4 is 40.5 Å². The molecule has 2 aliphatic rings. The molecule has 10 heteroatoms. The van der Waals surface area contributed by atoms with E-state index in [1.807, 2.05) is 0 Å². The first-order valence-corrected chi connectivity index (χ1v) is 10.8. The SMILES string of the molecule is O=C(O)c1cn2c(cc1=O)-c1cc(Cl)c(OCC3CC3)cc1OC2c1scnc1Cl. The molecule has 1 saturated carbocycles. The van der Waals surface area contributed by atoms with Crippen molar-refractivity contribution in [2.24, 2.45) is 5.92 Å². The minimum absolute atomic E-state index is 0.245. The van der Waals surface area contributed by atoms with Crippen LogP contribution < -0.4 is 14.9 Å². The van der Waals surface area contributed by atoms with Crippen molar-refractivity contribution < 1.29 is 19.4 Å². The Morgan fingerprint density at radius 3 is 2.80 bits per heavy atom. The summed E-state index contributed by atoms with van der Waals surface area (Å²) < 4.78 is 13.6. The molecule has 5 rings (SSSR count). The predicted molar refractivity (Wildman–Crippen MR) is 112 cm³/mol. The van der Waals surface area contributed by atoms with E-state index in [2.05, 4.69) is 4.98 Å². The van der Waals surface area contributed by atoms with Crippen molar-refractivity contribution in [3.8, 4) is 22.8 Å². The number of benzene rings is 1. The number of aromatic carboxylic acids is 1. The quantitative estimate of drug-likeness (QED) is 0.587. The number of aromatic nitrogens is 2. The highest BCUT2D eigenvalue weighted by Crippen LogP contribution is 2.46. The second-order valence-electron chi connectivity index (χ2n) is 7.16. The van der Waals surface area contributed by atoms with Gasteiger partial charge in [-0.25, -0.2) is 9.78 Å². The summed E-state index contributed by atoms with van der Waals surface area (Å²) in [7, 11) is 0. The number of carboxylic acids is 1. The number of fused-ring (bicyclic) bond motifs is 3. The molecular weight excluding hydrogens is 451 g/mol. The maximum Gasteiger partial charge on any atom is 0.341 e. The maximum absolute atomic E-state index is 12.4. The van der Waals surface area contributed by atoms with Crippen molar-refractivity contribution in [1.82, 2.24) is 9.55 Å². The van der Waals surface area contributed by atoms with E-state index in [4.69, 9.17) is 32.7 Å². The topological polar surface area (TPSA) is 90.7 Å². The Morgan fingerprint density at radius 1 is 1.33 bits per heavy atom. The molecule has 7 nitrogen and oxygen atoms in total. The Labute approximate surface area is 184 Å². The molecule has 3 aromatic rings. The summed E-state index contributed by atoms with van der Waals surface area (Å²) in [6.45, 7) is 0.584. The van der Waals surface area contributed by atoms with Crippen LogP contribution >= 0.6 is 34.5 Å². The molecule has 0 bridgehead atoms. The highest BCUT2D eigenvalue weighted by Gasteiger charge is 2.32. The molecule has 0 amide bonds. The van der Waals surface area contributed by atoms with Crippen LogP contribution in [0.1, 0.15) is 34.3 Å². The first-order valence-electron chi connectivity index (χ1n) is 9.14. The minimum Gasteiger partial charge on any atom is -0.492 e. The molecule has 0 radical (unpaired) electrons. The fourth-order valence-corrected chi connectivity index (χ4v) is 4.57. The van der Waals surface area contributed by atoms with Gasteiger partial charge in [0.1, 0.15) is 27.1 Å². The van der Waals surface area contributed by atoms with Crippen LogP contribution in [0.5, 0.6) is 11.5 Å². The van der Waals surface area contributed by atoms with Crippen molar-refractivity contribution in [1.29, 1.82) is 0 Å². The van der Waals surface area contributed by atoms with E-state index in [0.29, 0.717) is 45.2 Å². The maximum atomic E-state index is 12.4. The highest BCUT2D eigenvalue weighted by atomic mass is 35.5. The molecule has 2 aromatic heterocycles. The number of ether oxygens (including phenoxy) is 2. The lowest BCUT2D eigenvalue weighted by Crippen LogP contribution is -2.27. The molecule has 0 spiro atoms. The molecule has 0 saturated heterocycles. The Bertz CT molecular complexity index is 1230. The molecule has 1 aliphatic heterocycles. The first kappa shape index (κ1) is 19.4. The monoisotopic (exact) mass is 464 g/mol. The van der Waals surface area contributed by atoms with E-state index in [1.165, 1.54) is 23.6 Å². The summed E-state index contributed by atoms with van der Waals surface area (Å²) in [6, 6.07) is 4.63. The number of pyridine rings is 1. The molecule has 1 atom stereocenters.